The molecule has 0 unspecified atom stereocenters. The summed E-state index contributed by atoms with van der Waals surface area (Å²) in [5.41, 5.74) is -8.51. The van der Waals surface area contributed by atoms with E-state index < -0.39 is 74.6 Å². The highest BCUT2D eigenvalue weighted by molar-refractivity contribution is 6.35. The van der Waals surface area contributed by atoms with Crippen LogP contribution in [0.5, 0.6) is 0 Å². The molecular formula is C39H35F6N3O4. The number of hydrogen-bond acceptors (Lipinski definition) is 5. The topological polar surface area (TPSA) is 95.6 Å². The van der Waals surface area contributed by atoms with Crippen molar-refractivity contribution < 1.29 is 45.5 Å². The summed E-state index contributed by atoms with van der Waals surface area (Å²) in [5, 5.41) is 4.96. The summed E-state index contributed by atoms with van der Waals surface area (Å²) < 4.78 is 90.0. The van der Waals surface area contributed by atoms with E-state index >= 15 is 0 Å². The molecule has 0 atom stereocenters. The van der Waals surface area contributed by atoms with Crippen molar-refractivity contribution in [3.05, 3.63) is 124 Å². The molecule has 0 spiro atoms. The van der Waals surface area contributed by atoms with Gasteiger partial charge in [-0.2, -0.15) is 26.3 Å². The second-order valence-corrected chi connectivity index (χ2v) is 14.2. The van der Waals surface area contributed by atoms with Gasteiger partial charge in [-0.05, 0) is 76.6 Å². The summed E-state index contributed by atoms with van der Waals surface area (Å²) >= 11 is 0. The molecule has 2 aliphatic rings. The highest BCUT2D eigenvalue weighted by Gasteiger charge is 2.73. The highest BCUT2D eigenvalue weighted by Crippen LogP contribution is 2.57. The van der Waals surface area contributed by atoms with E-state index in [1.165, 1.54) is 0 Å². The summed E-state index contributed by atoms with van der Waals surface area (Å²) in [6.07, 6.45) is -12.1. The molecule has 0 aromatic heterocycles. The first-order chi connectivity index (χ1) is 24.1. The molecule has 0 aliphatic carbocycles. The van der Waals surface area contributed by atoms with E-state index in [0.717, 1.165) is 16.9 Å². The number of alkyl halides is 6. The summed E-state index contributed by atoms with van der Waals surface area (Å²) in [4.78, 5) is 52.6. The minimum Gasteiger partial charge on any atom is -0.354 e. The Labute approximate surface area is 296 Å². The number of para-hydroxylation sites is 1. The number of nitrogens with zero attached hydrogens (tertiary/aromatic N) is 1. The van der Waals surface area contributed by atoms with Gasteiger partial charge in [0, 0.05) is 5.69 Å². The van der Waals surface area contributed by atoms with E-state index in [0.29, 0.717) is 41.6 Å². The van der Waals surface area contributed by atoms with Crippen LogP contribution in [0.2, 0.25) is 0 Å². The van der Waals surface area contributed by atoms with Crippen molar-refractivity contribution in [3.63, 3.8) is 0 Å². The second kappa shape index (κ2) is 13.3. The van der Waals surface area contributed by atoms with Crippen molar-refractivity contribution in [1.29, 1.82) is 0 Å². The van der Waals surface area contributed by atoms with E-state index in [1.807, 2.05) is 26.1 Å². The number of rotatable bonds is 5. The van der Waals surface area contributed by atoms with Crippen LogP contribution in [0.15, 0.2) is 84.9 Å². The van der Waals surface area contributed by atoms with Crippen molar-refractivity contribution in [3.8, 4) is 0 Å². The fourth-order valence-corrected chi connectivity index (χ4v) is 6.04. The Balaban J connectivity index is 0.00000124. The van der Waals surface area contributed by atoms with Crippen molar-refractivity contribution >= 4 is 40.7 Å². The number of halogens is 6. The fourth-order valence-electron chi connectivity index (χ4n) is 6.04. The molecule has 13 heteroatoms. The van der Waals surface area contributed by atoms with Gasteiger partial charge >= 0.3 is 12.4 Å². The van der Waals surface area contributed by atoms with Crippen LogP contribution in [-0.2, 0) is 10.8 Å². The number of fused-ring (bicyclic) bond motifs is 2. The molecule has 7 nitrogen and oxygen atoms in total. The molecule has 6 rings (SSSR count). The quantitative estimate of drug-likeness (QED) is 0.158. The van der Waals surface area contributed by atoms with E-state index in [4.69, 9.17) is 0 Å². The molecule has 2 N–H and O–H groups in total. The maximum absolute atomic E-state index is 15.0. The predicted octanol–water partition coefficient (Wildman–Crippen LogP) is 9.48. The van der Waals surface area contributed by atoms with Gasteiger partial charge in [-0.3, -0.25) is 24.5 Å². The van der Waals surface area contributed by atoms with Crippen LogP contribution >= 0.6 is 0 Å². The molecule has 4 amide bonds. The lowest BCUT2D eigenvalue weighted by Gasteiger charge is -2.38. The first-order valence-corrected chi connectivity index (χ1v) is 16.2. The molecular weight excluding hydrogens is 688 g/mol. The van der Waals surface area contributed by atoms with Crippen LogP contribution in [0.25, 0.3) is 0 Å². The summed E-state index contributed by atoms with van der Waals surface area (Å²) in [6.45, 7) is 12.2. The van der Waals surface area contributed by atoms with Crippen LogP contribution in [0.3, 0.4) is 0 Å². The lowest BCUT2D eigenvalue weighted by atomic mass is 9.71. The molecule has 2 aliphatic heterocycles. The van der Waals surface area contributed by atoms with Gasteiger partial charge in [0.2, 0.25) is 5.41 Å². The second-order valence-electron chi connectivity index (χ2n) is 14.2. The Morgan fingerprint density at radius 3 is 1.62 bits per heavy atom. The van der Waals surface area contributed by atoms with Crippen molar-refractivity contribution in [2.75, 3.05) is 10.2 Å². The van der Waals surface area contributed by atoms with Crippen LogP contribution in [0.1, 0.15) is 99.7 Å². The van der Waals surface area contributed by atoms with Gasteiger partial charge in [0.05, 0.1) is 33.6 Å². The Kier molecular flexibility index (Phi) is 9.64. The number of carbonyl (C=O) groups excluding carboxylic acids is 4. The highest BCUT2D eigenvalue weighted by atomic mass is 19.4. The zero-order chi connectivity index (χ0) is 38.6. The van der Waals surface area contributed by atoms with Crippen LogP contribution < -0.4 is 15.5 Å². The molecule has 0 saturated heterocycles. The standard InChI is InChI=1S/C35H25F6N3O4.C4H10/c1-32(2,3)18-11-14-26(42-21-7-5-4-6-8-21)27(17-18)44-30(47)23-13-10-20(16-25(23)31(44)48)33(34(36,37)38,35(39,40)41)19-9-12-22-24(15-19)29(46)43-28(22)45;1-4(2)3/h4-17,42H,1-3H3,(H,43,45,46);4H,1-3H3. The Morgan fingerprint density at radius 1 is 0.596 bits per heavy atom. The number of hydrogen-bond donors (Lipinski definition) is 2. The van der Waals surface area contributed by atoms with Gasteiger partial charge in [-0.15, -0.1) is 0 Å². The molecule has 52 heavy (non-hydrogen) atoms. The number of amides is 4. The molecule has 2 heterocycles. The third-order valence-electron chi connectivity index (χ3n) is 8.50. The predicted molar refractivity (Wildman–Crippen MR) is 184 cm³/mol. The zero-order valence-electron chi connectivity index (χ0n) is 29.0. The SMILES string of the molecule is CC(C)(C)c1ccc(Nc2ccccc2)c(N2C(=O)c3ccc(C(c4ccc5c(c4)C(=O)NC5=O)(C(F)(F)F)C(F)(F)F)cc3C2=O)c1.CC(C)C. The third-order valence-corrected chi connectivity index (χ3v) is 8.50. The number of imide groups is 2. The van der Waals surface area contributed by atoms with Crippen LogP contribution in [0.4, 0.5) is 43.4 Å². The van der Waals surface area contributed by atoms with Crippen molar-refractivity contribution in [2.24, 2.45) is 5.92 Å². The van der Waals surface area contributed by atoms with Gasteiger partial charge in [-0.1, -0.05) is 77.9 Å². The average molecular weight is 724 g/mol. The lowest BCUT2D eigenvalue weighted by molar-refractivity contribution is -0.288. The summed E-state index contributed by atoms with van der Waals surface area (Å²) in [6, 6.07) is 16.9. The molecule has 4 aromatic rings. The van der Waals surface area contributed by atoms with Gasteiger partial charge in [0.15, 0.2) is 0 Å². The van der Waals surface area contributed by atoms with Crippen molar-refractivity contribution in [1.82, 2.24) is 5.32 Å². The molecule has 0 fully saturated rings. The largest absolute Gasteiger partial charge is 0.411 e. The van der Waals surface area contributed by atoms with E-state index in [2.05, 4.69) is 26.1 Å². The molecule has 0 radical (unpaired) electrons. The maximum atomic E-state index is 15.0. The van der Waals surface area contributed by atoms with Gasteiger partial charge < -0.3 is 5.32 Å². The van der Waals surface area contributed by atoms with Crippen molar-refractivity contribution in [2.45, 2.75) is 64.7 Å². The van der Waals surface area contributed by atoms with Gasteiger partial charge in [-0.25, -0.2) is 4.90 Å². The average Bonchev–Trinajstić information content (AvgIpc) is 3.45. The zero-order valence-corrected chi connectivity index (χ0v) is 29.0. The third kappa shape index (κ3) is 6.55. The lowest BCUT2D eigenvalue weighted by Crippen LogP contribution is -2.55. The van der Waals surface area contributed by atoms with E-state index in [-0.39, 0.29) is 16.9 Å². The van der Waals surface area contributed by atoms with Crippen LogP contribution in [0, 0.1) is 5.92 Å². The summed E-state index contributed by atoms with van der Waals surface area (Å²) in [5.74, 6) is -3.36. The molecule has 4 aromatic carbocycles. The molecule has 0 saturated carbocycles. The van der Waals surface area contributed by atoms with E-state index in [9.17, 15) is 45.5 Å². The minimum absolute atomic E-state index is 0.0474. The maximum Gasteiger partial charge on any atom is 0.411 e. The number of carbonyl (C=O) groups is 4. The fraction of sp³-hybridized carbons (Fsp3) is 0.282. The normalized spacial score (nSPS) is 14.6. The van der Waals surface area contributed by atoms with Crippen LogP contribution in [-0.4, -0.2) is 36.0 Å². The monoisotopic (exact) mass is 723 g/mol. The Hall–Kier alpha value is -5.46. The Bertz CT molecular complexity index is 2070. The smallest absolute Gasteiger partial charge is 0.354 e. The van der Waals surface area contributed by atoms with Gasteiger partial charge in [0.1, 0.15) is 0 Å². The number of benzene rings is 4. The number of nitrogens with one attached hydrogen (secondary N) is 2. The molecule has 0 bridgehead atoms. The number of anilines is 3. The first kappa shape index (κ1) is 37.8. The molecule has 272 valence electrons. The Morgan fingerprint density at radius 2 is 1.08 bits per heavy atom. The van der Waals surface area contributed by atoms with E-state index in [1.54, 1.807) is 48.5 Å². The minimum atomic E-state index is -6.06. The van der Waals surface area contributed by atoms with Gasteiger partial charge in [0.25, 0.3) is 23.6 Å². The first-order valence-electron chi connectivity index (χ1n) is 16.2. The summed E-state index contributed by atoms with van der Waals surface area (Å²) in [7, 11) is 0.